The van der Waals surface area contributed by atoms with Crippen molar-refractivity contribution in [3.63, 3.8) is 0 Å². The van der Waals surface area contributed by atoms with Gasteiger partial charge in [0, 0.05) is 24.7 Å². The first-order chi connectivity index (χ1) is 9.58. The topological polar surface area (TPSA) is 37.8 Å². The molecule has 0 spiro atoms. The fraction of sp³-hybridized carbons (Fsp3) is 0.412. The largest absolute Gasteiger partial charge is 0.370 e. The third-order valence-electron chi connectivity index (χ3n) is 3.39. The Morgan fingerprint density at radius 3 is 2.50 bits per heavy atom. The average molecular weight is 269 g/mol. The van der Waals surface area contributed by atoms with Crippen molar-refractivity contribution in [3.05, 3.63) is 52.5 Å². The number of hydrogen-bond donors (Lipinski definition) is 1. The first-order valence-corrected chi connectivity index (χ1v) is 7.23. The van der Waals surface area contributed by atoms with Crippen molar-refractivity contribution in [2.24, 2.45) is 0 Å². The summed E-state index contributed by atoms with van der Waals surface area (Å²) in [6, 6.07) is 8.55. The highest BCUT2D eigenvalue weighted by Crippen LogP contribution is 2.14. The second-order valence-corrected chi connectivity index (χ2v) is 5.33. The lowest BCUT2D eigenvalue weighted by molar-refractivity contribution is 0.916. The molecule has 106 valence electrons. The van der Waals surface area contributed by atoms with Gasteiger partial charge in [-0.15, -0.1) is 0 Å². The van der Waals surface area contributed by atoms with Crippen LogP contribution < -0.4 is 5.32 Å². The van der Waals surface area contributed by atoms with E-state index in [-0.39, 0.29) is 0 Å². The Morgan fingerprint density at radius 1 is 1.00 bits per heavy atom. The van der Waals surface area contributed by atoms with E-state index in [2.05, 4.69) is 54.3 Å². The number of rotatable bonds is 5. The van der Waals surface area contributed by atoms with E-state index in [1.807, 2.05) is 13.0 Å². The van der Waals surface area contributed by atoms with E-state index in [0.29, 0.717) is 0 Å². The number of hydrogen-bond acceptors (Lipinski definition) is 3. The highest BCUT2D eigenvalue weighted by atomic mass is 15.0. The third-order valence-corrected chi connectivity index (χ3v) is 3.39. The van der Waals surface area contributed by atoms with E-state index >= 15 is 0 Å². The maximum absolute atomic E-state index is 4.60. The number of nitrogens with zero attached hydrogens (tertiary/aromatic N) is 2. The van der Waals surface area contributed by atoms with E-state index in [0.717, 1.165) is 36.7 Å². The minimum Gasteiger partial charge on any atom is -0.370 e. The summed E-state index contributed by atoms with van der Waals surface area (Å²) in [5.41, 5.74) is 4.92. The molecule has 0 fully saturated rings. The summed E-state index contributed by atoms with van der Waals surface area (Å²) in [5, 5.41) is 3.33. The van der Waals surface area contributed by atoms with Crippen LogP contribution in [0.5, 0.6) is 0 Å². The van der Waals surface area contributed by atoms with Gasteiger partial charge in [-0.25, -0.2) is 9.97 Å². The zero-order valence-electron chi connectivity index (χ0n) is 12.8. The molecular weight excluding hydrogens is 246 g/mol. The van der Waals surface area contributed by atoms with Gasteiger partial charge in [0.05, 0.1) is 0 Å². The standard InChI is InChI=1S/C17H23N3/c1-5-8-18-16-10-14(4)19-17(20-16)11-15-7-6-12(2)13(3)9-15/h6-7,9-10H,5,8,11H2,1-4H3,(H,18,19,20). The molecule has 0 aliphatic heterocycles. The Hall–Kier alpha value is -1.90. The average Bonchev–Trinajstić information content (AvgIpc) is 2.40. The molecule has 1 aromatic heterocycles. The predicted octanol–water partition coefficient (Wildman–Crippen LogP) is 3.81. The van der Waals surface area contributed by atoms with E-state index < -0.39 is 0 Å². The van der Waals surface area contributed by atoms with Crippen LogP contribution in [0.2, 0.25) is 0 Å². The normalized spacial score (nSPS) is 10.6. The van der Waals surface area contributed by atoms with Crippen molar-refractivity contribution in [2.45, 2.75) is 40.5 Å². The van der Waals surface area contributed by atoms with Crippen molar-refractivity contribution in [2.75, 3.05) is 11.9 Å². The number of anilines is 1. The molecule has 0 saturated heterocycles. The summed E-state index contributed by atoms with van der Waals surface area (Å²) < 4.78 is 0. The summed E-state index contributed by atoms with van der Waals surface area (Å²) in [5.74, 6) is 1.81. The van der Waals surface area contributed by atoms with E-state index in [4.69, 9.17) is 0 Å². The predicted molar refractivity (Wildman–Crippen MR) is 84.3 cm³/mol. The molecule has 0 amide bonds. The zero-order chi connectivity index (χ0) is 14.5. The molecule has 3 heteroatoms. The van der Waals surface area contributed by atoms with Crippen molar-refractivity contribution in [1.29, 1.82) is 0 Å². The molecule has 2 rings (SSSR count). The Morgan fingerprint density at radius 2 is 1.80 bits per heavy atom. The first kappa shape index (κ1) is 14.5. The molecule has 1 heterocycles. The van der Waals surface area contributed by atoms with Crippen LogP contribution in [-0.2, 0) is 6.42 Å². The van der Waals surface area contributed by atoms with Crippen LogP contribution in [0.15, 0.2) is 24.3 Å². The summed E-state index contributed by atoms with van der Waals surface area (Å²) in [7, 11) is 0. The van der Waals surface area contributed by atoms with Crippen LogP contribution in [0.1, 0.15) is 41.6 Å². The van der Waals surface area contributed by atoms with Crippen LogP contribution in [0.4, 0.5) is 5.82 Å². The van der Waals surface area contributed by atoms with Crippen molar-refractivity contribution in [3.8, 4) is 0 Å². The molecule has 0 radical (unpaired) electrons. The smallest absolute Gasteiger partial charge is 0.135 e. The molecule has 0 unspecified atom stereocenters. The summed E-state index contributed by atoms with van der Waals surface area (Å²) in [6.07, 6.45) is 1.87. The van der Waals surface area contributed by atoms with Crippen molar-refractivity contribution in [1.82, 2.24) is 9.97 Å². The van der Waals surface area contributed by atoms with Gasteiger partial charge in [0.25, 0.3) is 0 Å². The molecule has 1 N–H and O–H groups in total. The van der Waals surface area contributed by atoms with Crippen LogP contribution in [0.3, 0.4) is 0 Å². The Labute approximate surface area is 121 Å². The van der Waals surface area contributed by atoms with Gasteiger partial charge in [0.2, 0.25) is 0 Å². The summed E-state index contributed by atoms with van der Waals surface area (Å²) in [6.45, 7) is 9.39. The van der Waals surface area contributed by atoms with Gasteiger partial charge in [-0.2, -0.15) is 0 Å². The molecule has 0 bridgehead atoms. The minimum absolute atomic E-state index is 0.781. The Bertz CT molecular complexity index is 591. The number of nitrogens with one attached hydrogen (secondary N) is 1. The lowest BCUT2D eigenvalue weighted by Crippen LogP contribution is -2.06. The van der Waals surface area contributed by atoms with Gasteiger partial charge in [-0.05, 0) is 43.9 Å². The van der Waals surface area contributed by atoms with Crippen LogP contribution in [0, 0.1) is 20.8 Å². The third kappa shape index (κ3) is 3.80. The molecule has 0 aliphatic rings. The summed E-state index contributed by atoms with van der Waals surface area (Å²) in [4.78, 5) is 9.13. The van der Waals surface area contributed by atoms with Gasteiger partial charge in [-0.1, -0.05) is 25.1 Å². The molecule has 3 nitrogen and oxygen atoms in total. The lowest BCUT2D eigenvalue weighted by atomic mass is 10.0. The first-order valence-electron chi connectivity index (χ1n) is 7.23. The lowest BCUT2D eigenvalue weighted by Gasteiger charge is -2.09. The van der Waals surface area contributed by atoms with E-state index in [9.17, 15) is 0 Å². The number of aromatic nitrogens is 2. The highest BCUT2D eigenvalue weighted by Gasteiger charge is 2.04. The fourth-order valence-electron chi connectivity index (χ4n) is 2.15. The Balaban J connectivity index is 2.19. The highest BCUT2D eigenvalue weighted by molar-refractivity contribution is 5.37. The second-order valence-electron chi connectivity index (χ2n) is 5.33. The molecule has 2 aromatic rings. The SMILES string of the molecule is CCCNc1cc(C)nc(Cc2ccc(C)c(C)c2)n1. The molecule has 1 aromatic carbocycles. The van der Waals surface area contributed by atoms with Crippen LogP contribution >= 0.6 is 0 Å². The van der Waals surface area contributed by atoms with Gasteiger partial charge in [0.15, 0.2) is 0 Å². The Kier molecular flexibility index (Phi) is 4.72. The minimum atomic E-state index is 0.781. The van der Waals surface area contributed by atoms with Crippen molar-refractivity contribution >= 4 is 5.82 Å². The van der Waals surface area contributed by atoms with Gasteiger partial charge in [-0.3, -0.25) is 0 Å². The molecular formula is C17H23N3. The van der Waals surface area contributed by atoms with E-state index in [1.165, 1.54) is 16.7 Å². The maximum Gasteiger partial charge on any atom is 0.135 e. The molecule has 0 saturated carbocycles. The quantitative estimate of drug-likeness (QED) is 0.896. The van der Waals surface area contributed by atoms with Gasteiger partial charge < -0.3 is 5.32 Å². The van der Waals surface area contributed by atoms with Crippen LogP contribution in [-0.4, -0.2) is 16.5 Å². The molecule has 0 aliphatic carbocycles. The molecule has 0 atom stereocenters. The van der Waals surface area contributed by atoms with Gasteiger partial charge >= 0.3 is 0 Å². The molecule has 20 heavy (non-hydrogen) atoms. The summed E-state index contributed by atoms with van der Waals surface area (Å²) >= 11 is 0. The van der Waals surface area contributed by atoms with Crippen LogP contribution in [0.25, 0.3) is 0 Å². The number of benzene rings is 1. The monoisotopic (exact) mass is 269 g/mol. The van der Waals surface area contributed by atoms with Gasteiger partial charge in [0.1, 0.15) is 11.6 Å². The second kappa shape index (κ2) is 6.51. The maximum atomic E-state index is 4.60. The van der Waals surface area contributed by atoms with Crippen molar-refractivity contribution < 1.29 is 0 Å². The zero-order valence-corrected chi connectivity index (χ0v) is 12.8. The number of aryl methyl sites for hydroxylation is 3. The van der Waals surface area contributed by atoms with E-state index in [1.54, 1.807) is 0 Å². The fourth-order valence-corrected chi connectivity index (χ4v) is 2.15.